The molecular formula is C20H28N2O2. The molecule has 1 aromatic rings. The topological polar surface area (TPSA) is 50.4 Å². The third-order valence-corrected chi connectivity index (χ3v) is 6.19. The van der Waals surface area contributed by atoms with Crippen LogP contribution in [0, 0.1) is 17.8 Å². The Morgan fingerprint density at radius 1 is 1.12 bits per heavy atom. The van der Waals surface area contributed by atoms with Crippen molar-refractivity contribution >= 4 is 17.3 Å². The third kappa shape index (κ3) is 3.24. The Kier molecular flexibility index (Phi) is 4.38. The van der Waals surface area contributed by atoms with E-state index in [1.165, 1.54) is 38.5 Å². The minimum absolute atomic E-state index is 0.0763. The molecule has 4 rings (SSSR count). The molecule has 2 aliphatic carbocycles. The number of ether oxygens (including phenoxy) is 1. The number of methoxy groups -OCH3 is 1. The van der Waals surface area contributed by atoms with Gasteiger partial charge >= 0.3 is 0 Å². The third-order valence-electron chi connectivity index (χ3n) is 6.19. The van der Waals surface area contributed by atoms with Gasteiger partial charge < -0.3 is 15.4 Å². The molecule has 1 aromatic carbocycles. The van der Waals surface area contributed by atoms with Gasteiger partial charge in [0.15, 0.2) is 0 Å². The van der Waals surface area contributed by atoms with Gasteiger partial charge in [-0.1, -0.05) is 25.7 Å². The van der Waals surface area contributed by atoms with E-state index in [9.17, 15) is 4.79 Å². The van der Waals surface area contributed by atoms with E-state index < -0.39 is 0 Å². The zero-order valence-corrected chi connectivity index (χ0v) is 14.5. The van der Waals surface area contributed by atoms with E-state index in [0.717, 1.165) is 47.7 Å². The zero-order valence-electron chi connectivity index (χ0n) is 14.5. The Morgan fingerprint density at radius 3 is 2.75 bits per heavy atom. The molecular weight excluding hydrogens is 300 g/mol. The fraction of sp³-hybridized carbons (Fsp3) is 0.650. The number of hydrogen-bond acceptors (Lipinski definition) is 3. The van der Waals surface area contributed by atoms with Crippen molar-refractivity contribution in [1.82, 2.24) is 0 Å². The van der Waals surface area contributed by atoms with Gasteiger partial charge in [0, 0.05) is 6.07 Å². The lowest BCUT2D eigenvalue weighted by Gasteiger charge is -2.27. The molecule has 0 spiro atoms. The van der Waals surface area contributed by atoms with Crippen molar-refractivity contribution in [2.75, 3.05) is 17.7 Å². The van der Waals surface area contributed by atoms with Gasteiger partial charge in [-0.3, -0.25) is 4.79 Å². The monoisotopic (exact) mass is 328 g/mol. The summed E-state index contributed by atoms with van der Waals surface area (Å²) in [5, 5.41) is 6.38. The lowest BCUT2D eigenvalue weighted by atomic mass is 9.95. The molecule has 130 valence electrons. The van der Waals surface area contributed by atoms with Gasteiger partial charge in [0.25, 0.3) is 0 Å². The van der Waals surface area contributed by atoms with Gasteiger partial charge in [0.2, 0.25) is 5.91 Å². The first-order valence-corrected chi connectivity index (χ1v) is 9.50. The van der Waals surface area contributed by atoms with Crippen molar-refractivity contribution in [3.8, 4) is 5.75 Å². The SMILES string of the molecule is COc1ccc2c(c1)NC(=O)C(CCCCC[C@H]1CC[C@H]3C[C@@H]13)N2. The minimum atomic E-state index is -0.106. The normalized spacial score (nSPS) is 30.1. The van der Waals surface area contributed by atoms with Crippen LogP contribution in [0.15, 0.2) is 18.2 Å². The van der Waals surface area contributed by atoms with Crippen molar-refractivity contribution in [3.05, 3.63) is 18.2 Å². The van der Waals surface area contributed by atoms with Crippen LogP contribution in [0.1, 0.15) is 51.4 Å². The van der Waals surface area contributed by atoms with Gasteiger partial charge in [-0.2, -0.15) is 0 Å². The molecule has 0 bridgehead atoms. The minimum Gasteiger partial charge on any atom is -0.497 e. The Bertz CT molecular complexity index is 616. The molecule has 1 amide bonds. The largest absolute Gasteiger partial charge is 0.497 e. The highest BCUT2D eigenvalue weighted by atomic mass is 16.5. The molecule has 24 heavy (non-hydrogen) atoms. The zero-order chi connectivity index (χ0) is 16.5. The fourth-order valence-corrected chi connectivity index (χ4v) is 4.67. The van der Waals surface area contributed by atoms with Crippen molar-refractivity contribution in [2.24, 2.45) is 17.8 Å². The van der Waals surface area contributed by atoms with Gasteiger partial charge in [0.05, 0.1) is 18.5 Å². The summed E-state index contributed by atoms with van der Waals surface area (Å²) in [6.45, 7) is 0. The average molecular weight is 328 g/mol. The summed E-state index contributed by atoms with van der Waals surface area (Å²) < 4.78 is 5.21. The van der Waals surface area contributed by atoms with Crippen LogP contribution in [0.3, 0.4) is 0 Å². The van der Waals surface area contributed by atoms with Crippen LogP contribution in [0.4, 0.5) is 11.4 Å². The lowest BCUT2D eigenvalue weighted by molar-refractivity contribution is -0.117. The Morgan fingerprint density at radius 2 is 2.00 bits per heavy atom. The Hall–Kier alpha value is -1.71. The molecule has 0 aromatic heterocycles. The molecule has 4 nitrogen and oxygen atoms in total. The van der Waals surface area contributed by atoms with Crippen LogP contribution >= 0.6 is 0 Å². The summed E-state index contributed by atoms with van der Waals surface area (Å²) in [5.74, 6) is 4.05. The molecule has 1 unspecified atom stereocenters. The molecule has 3 aliphatic rings. The first kappa shape index (κ1) is 15.8. The standard InChI is InChI=1S/C20H28N2O2/c1-24-15-9-10-17-19(12-15)22-20(23)18(21-17)6-4-2-3-5-13-7-8-14-11-16(13)14/h9-10,12-14,16,18,21H,2-8,11H2,1H3,(H,22,23)/t13-,14-,16-,18?/m0/s1. The van der Waals surface area contributed by atoms with E-state index in [4.69, 9.17) is 4.74 Å². The maximum atomic E-state index is 12.3. The van der Waals surface area contributed by atoms with Crippen LogP contribution in [0.2, 0.25) is 0 Å². The second kappa shape index (κ2) is 6.66. The van der Waals surface area contributed by atoms with Gasteiger partial charge in [-0.15, -0.1) is 0 Å². The van der Waals surface area contributed by atoms with E-state index in [0.29, 0.717) is 0 Å². The van der Waals surface area contributed by atoms with Crippen LogP contribution in [-0.2, 0) is 4.79 Å². The highest BCUT2D eigenvalue weighted by Gasteiger charge is 2.47. The fourth-order valence-electron chi connectivity index (χ4n) is 4.67. The van der Waals surface area contributed by atoms with Gasteiger partial charge in [-0.25, -0.2) is 0 Å². The van der Waals surface area contributed by atoms with Crippen molar-refractivity contribution < 1.29 is 9.53 Å². The van der Waals surface area contributed by atoms with Crippen LogP contribution in [0.5, 0.6) is 5.75 Å². The van der Waals surface area contributed by atoms with E-state index in [1.807, 2.05) is 18.2 Å². The molecule has 0 radical (unpaired) electrons. The predicted molar refractivity (Wildman–Crippen MR) is 96.4 cm³/mol. The van der Waals surface area contributed by atoms with E-state index in [-0.39, 0.29) is 11.9 Å². The molecule has 4 atom stereocenters. The average Bonchev–Trinajstić information content (AvgIpc) is 3.27. The summed E-state index contributed by atoms with van der Waals surface area (Å²) in [7, 11) is 1.64. The summed E-state index contributed by atoms with van der Waals surface area (Å²) in [5.41, 5.74) is 1.81. The number of amides is 1. The number of anilines is 2. The van der Waals surface area contributed by atoms with Gasteiger partial charge in [0.1, 0.15) is 11.8 Å². The number of rotatable bonds is 7. The van der Waals surface area contributed by atoms with Crippen molar-refractivity contribution in [3.63, 3.8) is 0 Å². The van der Waals surface area contributed by atoms with Crippen LogP contribution in [0.25, 0.3) is 0 Å². The summed E-state index contributed by atoms with van der Waals surface area (Å²) in [6, 6.07) is 5.66. The number of unbranched alkanes of at least 4 members (excludes halogenated alkanes) is 2. The quantitative estimate of drug-likeness (QED) is 0.728. The number of carbonyl (C=O) groups excluding carboxylic acids is 1. The Balaban J connectivity index is 1.21. The molecule has 4 heteroatoms. The van der Waals surface area contributed by atoms with E-state index >= 15 is 0 Å². The maximum absolute atomic E-state index is 12.3. The molecule has 1 aliphatic heterocycles. The molecule has 1 heterocycles. The number of benzene rings is 1. The van der Waals surface area contributed by atoms with E-state index in [1.54, 1.807) is 7.11 Å². The molecule has 2 saturated carbocycles. The summed E-state index contributed by atoms with van der Waals surface area (Å²) in [4.78, 5) is 12.3. The lowest BCUT2D eigenvalue weighted by Crippen LogP contribution is -2.38. The smallest absolute Gasteiger partial charge is 0.246 e. The highest BCUT2D eigenvalue weighted by Crippen LogP contribution is 2.56. The first-order valence-electron chi connectivity index (χ1n) is 9.50. The number of hydrogen-bond donors (Lipinski definition) is 2. The van der Waals surface area contributed by atoms with Gasteiger partial charge in [-0.05, 0) is 55.6 Å². The number of carbonyl (C=O) groups is 1. The molecule has 2 N–H and O–H groups in total. The second-order valence-electron chi connectivity index (χ2n) is 7.73. The van der Waals surface area contributed by atoms with E-state index in [2.05, 4.69) is 10.6 Å². The van der Waals surface area contributed by atoms with Crippen LogP contribution in [-0.4, -0.2) is 19.1 Å². The number of nitrogens with one attached hydrogen (secondary N) is 2. The first-order chi connectivity index (χ1) is 11.7. The number of fused-ring (bicyclic) bond motifs is 2. The van der Waals surface area contributed by atoms with Crippen molar-refractivity contribution in [1.29, 1.82) is 0 Å². The Labute approximate surface area is 144 Å². The maximum Gasteiger partial charge on any atom is 0.246 e. The predicted octanol–water partition coefficient (Wildman–Crippen LogP) is 4.42. The summed E-state index contributed by atoms with van der Waals surface area (Å²) >= 11 is 0. The second-order valence-corrected chi connectivity index (χ2v) is 7.73. The highest BCUT2D eigenvalue weighted by molar-refractivity contribution is 6.03. The molecule has 0 saturated heterocycles. The van der Waals surface area contributed by atoms with Crippen molar-refractivity contribution in [2.45, 2.75) is 57.4 Å². The van der Waals surface area contributed by atoms with Crippen LogP contribution < -0.4 is 15.4 Å². The summed E-state index contributed by atoms with van der Waals surface area (Å²) in [6.07, 6.45) is 10.5. The molecule has 2 fully saturated rings.